The van der Waals surface area contributed by atoms with Gasteiger partial charge in [0.05, 0.1) is 11.2 Å². The maximum absolute atomic E-state index is 13.4. The van der Waals surface area contributed by atoms with E-state index >= 15 is 0 Å². The zero-order chi connectivity index (χ0) is 22.9. The fraction of sp³-hybridized carbons (Fsp3) is 0.542. The molecule has 2 heterocycles. The molecule has 32 heavy (non-hydrogen) atoms. The first kappa shape index (κ1) is 22.3. The number of rotatable bonds is 5. The molecule has 8 heteroatoms. The van der Waals surface area contributed by atoms with Gasteiger partial charge in [-0.1, -0.05) is 6.07 Å². The number of carbonyl (C=O) groups is 2. The average molecular weight is 442 g/mol. The lowest BCUT2D eigenvalue weighted by Crippen LogP contribution is -2.45. The summed E-state index contributed by atoms with van der Waals surface area (Å²) in [5.41, 5.74) is 1.80. The third-order valence-electron chi connectivity index (χ3n) is 6.02. The van der Waals surface area contributed by atoms with E-state index in [0.717, 1.165) is 31.4 Å². The van der Waals surface area contributed by atoms with Crippen molar-refractivity contribution in [3.05, 3.63) is 47.5 Å². The summed E-state index contributed by atoms with van der Waals surface area (Å²) in [5, 5.41) is 10.3. The molecule has 4 rings (SSSR count). The second-order valence-corrected chi connectivity index (χ2v) is 9.92. The van der Waals surface area contributed by atoms with Crippen molar-refractivity contribution in [2.24, 2.45) is 5.92 Å². The maximum atomic E-state index is 13.4. The topological polar surface area (TPSA) is 79.3 Å². The summed E-state index contributed by atoms with van der Waals surface area (Å²) in [7, 11) is 0. The van der Waals surface area contributed by atoms with Gasteiger partial charge in [0.1, 0.15) is 11.5 Å². The van der Waals surface area contributed by atoms with Gasteiger partial charge in [0.15, 0.2) is 0 Å². The Morgan fingerprint density at radius 2 is 1.97 bits per heavy atom. The minimum Gasteiger partial charge on any atom is -0.338 e. The monoisotopic (exact) mass is 441 g/mol. The highest BCUT2D eigenvalue weighted by Crippen LogP contribution is 2.40. The van der Waals surface area contributed by atoms with Crippen molar-refractivity contribution >= 4 is 17.6 Å². The van der Waals surface area contributed by atoms with Crippen molar-refractivity contribution < 1.29 is 14.0 Å². The Morgan fingerprint density at radius 1 is 1.19 bits per heavy atom. The van der Waals surface area contributed by atoms with E-state index in [1.54, 1.807) is 12.1 Å². The van der Waals surface area contributed by atoms with Crippen LogP contribution in [0.4, 0.5) is 14.9 Å². The third-order valence-corrected chi connectivity index (χ3v) is 6.02. The molecule has 1 aliphatic carbocycles. The maximum Gasteiger partial charge on any atom is 0.319 e. The summed E-state index contributed by atoms with van der Waals surface area (Å²) >= 11 is 0. The van der Waals surface area contributed by atoms with Crippen molar-refractivity contribution in [2.75, 3.05) is 25.0 Å². The molecule has 0 spiro atoms. The molecule has 1 aromatic heterocycles. The lowest BCUT2D eigenvalue weighted by Gasteiger charge is -2.33. The second-order valence-electron chi connectivity index (χ2n) is 9.92. The second kappa shape index (κ2) is 8.92. The van der Waals surface area contributed by atoms with Gasteiger partial charge in [0, 0.05) is 31.2 Å². The number of hydrogen-bond donors (Lipinski definition) is 2. The lowest BCUT2D eigenvalue weighted by molar-refractivity contribution is 0.0654. The molecule has 7 nitrogen and oxygen atoms in total. The molecule has 2 fully saturated rings. The molecule has 2 aliphatic rings. The molecule has 2 N–H and O–H groups in total. The number of carbonyl (C=O) groups excluding carboxylic acids is 2. The molecule has 0 radical (unpaired) electrons. The molecule has 172 valence electrons. The minimum absolute atomic E-state index is 0.00763. The van der Waals surface area contributed by atoms with Crippen LogP contribution in [0.15, 0.2) is 30.3 Å². The number of amides is 3. The largest absolute Gasteiger partial charge is 0.338 e. The van der Waals surface area contributed by atoms with Crippen LogP contribution in [0.25, 0.3) is 0 Å². The van der Waals surface area contributed by atoms with Crippen LogP contribution in [-0.4, -0.2) is 46.3 Å². The molecule has 3 amide bonds. The van der Waals surface area contributed by atoms with Crippen molar-refractivity contribution in [1.82, 2.24) is 20.0 Å². The molecular weight excluding hydrogens is 409 g/mol. The average Bonchev–Trinajstić information content (AvgIpc) is 3.49. The van der Waals surface area contributed by atoms with E-state index in [4.69, 9.17) is 5.10 Å². The summed E-state index contributed by atoms with van der Waals surface area (Å²) in [6, 6.07) is 7.38. The van der Waals surface area contributed by atoms with Crippen LogP contribution in [0.5, 0.6) is 0 Å². The van der Waals surface area contributed by atoms with Gasteiger partial charge in [0.2, 0.25) is 0 Å². The van der Waals surface area contributed by atoms with E-state index in [1.807, 2.05) is 15.6 Å². The Kier molecular flexibility index (Phi) is 6.22. The molecule has 1 aromatic carbocycles. The standard InChI is InChI=1S/C24H32FN5O2/c1-24(2,3)30-21(13-20(28-30)17-9-10-17)22(31)29-11-5-6-16(15-29)14-26-23(32)27-19-8-4-7-18(25)12-19/h4,7-8,12-13,16-17H,5-6,9-11,14-15H2,1-3H3,(H2,26,27,32). The quantitative estimate of drug-likeness (QED) is 0.725. The Morgan fingerprint density at radius 3 is 2.66 bits per heavy atom. The van der Waals surface area contributed by atoms with Crippen LogP contribution in [0.2, 0.25) is 0 Å². The van der Waals surface area contributed by atoms with Gasteiger partial charge in [-0.25, -0.2) is 9.18 Å². The number of nitrogens with zero attached hydrogens (tertiary/aromatic N) is 3. The predicted octanol–water partition coefficient (Wildman–Crippen LogP) is 4.33. The normalized spacial score (nSPS) is 19.0. The number of urea groups is 1. The Bertz CT molecular complexity index is 993. The van der Waals surface area contributed by atoms with Gasteiger partial charge in [0.25, 0.3) is 5.91 Å². The van der Waals surface area contributed by atoms with Gasteiger partial charge in [-0.15, -0.1) is 0 Å². The SMILES string of the molecule is CC(C)(C)n1nc(C2CC2)cc1C(=O)N1CCCC(CNC(=O)Nc2cccc(F)c2)C1. The predicted molar refractivity (Wildman–Crippen MR) is 121 cm³/mol. The molecule has 0 bridgehead atoms. The molecule has 1 atom stereocenters. The van der Waals surface area contributed by atoms with E-state index in [-0.39, 0.29) is 23.4 Å². The number of piperidine rings is 1. The Balaban J connectivity index is 1.36. The molecular formula is C24H32FN5O2. The first-order valence-electron chi connectivity index (χ1n) is 11.4. The number of aromatic nitrogens is 2. The van der Waals surface area contributed by atoms with Crippen LogP contribution in [0.3, 0.4) is 0 Å². The van der Waals surface area contributed by atoms with E-state index in [2.05, 4.69) is 31.4 Å². The summed E-state index contributed by atoms with van der Waals surface area (Å²) < 4.78 is 15.2. The number of likely N-dealkylation sites (tertiary alicyclic amines) is 1. The first-order valence-corrected chi connectivity index (χ1v) is 11.4. The Labute approximate surface area is 188 Å². The number of halogens is 1. The van der Waals surface area contributed by atoms with Gasteiger partial charge < -0.3 is 15.5 Å². The molecule has 1 saturated heterocycles. The smallest absolute Gasteiger partial charge is 0.319 e. The molecule has 1 saturated carbocycles. The van der Waals surface area contributed by atoms with Gasteiger partial charge in [-0.2, -0.15) is 5.10 Å². The van der Waals surface area contributed by atoms with Gasteiger partial charge in [-0.3, -0.25) is 9.48 Å². The van der Waals surface area contributed by atoms with Crippen LogP contribution >= 0.6 is 0 Å². The van der Waals surface area contributed by atoms with E-state index < -0.39 is 5.82 Å². The summed E-state index contributed by atoms with van der Waals surface area (Å²) in [6.07, 6.45) is 4.12. The fourth-order valence-electron chi connectivity index (χ4n) is 4.20. The first-order chi connectivity index (χ1) is 15.2. The van der Waals surface area contributed by atoms with Crippen LogP contribution < -0.4 is 10.6 Å². The zero-order valence-corrected chi connectivity index (χ0v) is 19.0. The van der Waals surface area contributed by atoms with E-state index in [0.29, 0.717) is 36.9 Å². The molecule has 2 aromatic rings. The van der Waals surface area contributed by atoms with Crippen molar-refractivity contribution in [3.8, 4) is 0 Å². The number of anilines is 1. The van der Waals surface area contributed by atoms with Crippen LogP contribution in [0, 0.1) is 11.7 Å². The highest BCUT2D eigenvalue weighted by molar-refractivity contribution is 5.93. The summed E-state index contributed by atoms with van der Waals surface area (Å²) in [4.78, 5) is 27.5. The number of hydrogen-bond acceptors (Lipinski definition) is 3. The van der Waals surface area contributed by atoms with Crippen LogP contribution in [0.1, 0.15) is 68.6 Å². The fourth-order valence-corrected chi connectivity index (χ4v) is 4.20. The molecule has 1 aliphatic heterocycles. The van der Waals surface area contributed by atoms with Crippen molar-refractivity contribution in [3.63, 3.8) is 0 Å². The zero-order valence-electron chi connectivity index (χ0n) is 19.0. The van der Waals surface area contributed by atoms with E-state index in [1.165, 1.54) is 12.1 Å². The van der Waals surface area contributed by atoms with Crippen LogP contribution in [-0.2, 0) is 5.54 Å². The van der Waals surface area contributed by atoms with Crippen molar-refractivity contribution in [2.45, 2.75) is 57.9 Å². The third kappa shape index (κ3) is 5.29. The van der Waals surface area contributed by atoms with Gasteiger partial charge in [-0.05, 0) is 76.6 Å². The highest BCUT2D eigenvalue weighted by Gasteiger charge is 2.34. The van der Waals surface area contributed by atoms with Gasteiger partial charge >= 0.3 is 6.03 Å². The molecule has 1 unspecified atom stereocenters. The van der Waals surface area contributed by atoms with E-state index in [9.17, 15) is 14.0 Å². The number of nitrogens with one attached hydrogen (secondary N) is 2. The lowest BCUT2D eigenvalue weighted by atomic mass is 9.97. The summed E-state index contributed by atoms with van der Waals surface area (Å²) in [6.45, 7) is 7.94. The summed E-state index contributed by atoms with van der Waals surface area (Å²) in [5.74, 6) is 0.261. The van der Waals surface area contributed by atoms with Crippen molar-refractivity contribution in [1.29, 1.82) is 0 Å². The highest BCUT2D eigenvalue weighted by atomic mass is 19.1. The Hall–Kier alpha value is -2.90. The minimum atomic E-state index is -0.399. The number of benzene rings is 1.